The van der Waals surface area contributed by atoms with E-state index in [1.807, 2.05) is 12.3 Å². The van der Waals surface area contributed by atoms with Gasteiger partial charge in [0, 0.05) is 11.9 Å². The van der Waals surface area contributed by atoms with Crippen molar-refractivity contribution in [2.24, 2.45) is 0 Å². The smallest absolute Gasteiger partial charge is 0.271 e. The Balaban J connectivity index is 1.57. The quantitative estimate of drug-likeness (QED) is 0.701. The summed E-state index contributed by atoms with van der Waals surface area (Å²) in [5.74, 6) is -0.241. The first kappa shape index (κ1) is 19.9. The summed E-state index contributed by atoms with van der Waals surface area (Å²) in [5.41, 5.74) is 0.0867. The molecule has 0 aromatic carbocycles. The molecule has 146 valence electrons. The minimum atomic E-state index is -0.391. The van der Waals surface area contributed by atoms with Crippen LogP contribution in [0.5, 0.6) is 0 Å². The first-order valence-electron chi connectivity index (χ1n) is 9.32. The average Bonchev–Trinajstić information content (AvgIpc) is 3.36. The molecular weight excluding hydrogens is 382 g/mol. The van der Waals surface area contributed by atoms with E-state index in [0.717, 1.165) is 48.5 Å². The summed E-state index contributed by atoms with van der Waals surface area (Å²) < 4.78 is 0. The maximum absolute atomic E-state index is 12.7. The first-order chi connectivity index (χ1) is 13.0. The molecule has 1 fully saturated rings. The van der Waals surface area contributed by atoms with Crippen LogP contribution in [0.1, 0.15) is 64.5 Å². The van der Waals surface area contributed by atoms with E-state index in [0.29, 0.717) is 17.2 Å². The van der Waals surface area contributed by atoms with Crippen molar-refractivity contribution in [3.63, 3.8) is 0 Å². The van der Waals surface area contributed by atoms with E-state index in [-0.39, 0.29) is 18.2 Å². The Labute approximate surface area is 167 Å². The molecule has 1 aliphatic rings. The fraction of sp³-hybridized carbons (Fsp3) is 0.611. The molecule has 2 amide bonds. The second kappa shape index (κ2) is 8.88. The zero-order chi connectivity index (χ0) is 19.3. The summed E-state index contributed by atoms with van der Waals surface area (Å²) in [6.07, 6.45) is 5.95. The monoisotopic (exact) mass is 407 g/mol. The van der Waals surface area contributed by atoms with Crippen LogP contribution in [0.4, 0.5) is 0 Å². The van der Waals surface area contributed by atoms with Gasteiger partial charge in [0.15, 0.2) is 0 Å². The van der Waals surface area contributed by atoms with E-state index in [4.69, 9.17) is 0 Å². The van der Waals surface area contributed by atoms with Crippen molar-refractivity contribution in [2.75, 3.05) is 6.54 Å². The first-order valence-corrected chi connectivity index (χ1v) is 11.0. The van der Waals surface area contributed by atoms with Gasteiger partial charge in [0.1, 0.15) is 15.7 Å². The van der Waals surface area contributed by atoms with Gasteiger partial charge in [-0.3, -0.25) is 9.59 Å². The van der Waals surface area contributed by atoms with Crippen LogP contribution in [0.15, 0.2) is 5.38 Å². The van der Waals surface area contributed by atoms with Gasteiger partial charge in [0.25, 0.3) is 5.91 Å². The molecule has 1 saturated carbocycles. The molecule has 9 heteroatoms. The molecule has 1 aliphatic carbocycles. The maximum atomic E-state index is 12.7. The number of carbonyl (C=O) groups excluding carboxylic acids is 2. The third-order valence-corrected chi connectivity index (χ3v) is 6.44. The van der Waals surface area contributed by atoms with Gasteiger partial charge < -0.3 is 10.6 Å². The number of thiazole rings is 1. The Morgan fingerprint density at radius 2 is 2.00 bits per heavy atom. The van der Waals surface area contributed by atoms with E-state index < -0.39 is 5.54 Å². The van der Waals surface area contributed by atoms with Crippen molar-refractivity contribution in [1.29, 1.82) is 0 Å². The predicted molar refractivity (Wildman–Crippen MR) is 106 cm³/mol. The third kappa shape index (κ3) is 5.32. The SMILES string of the molecule is CCCc1nc(C(=O)NC2(CNC(=O)Cc3nnc(C)s3)CCCC2)cs1. The fourth-order valence-corrected chi connectivity index (χ4v) is 4.91. The van der Waals surface area contributed by atoms with Gasteiger partial charge in [-0.25, -0.2) is 4.98 Å². The Morgan fingerprint density at radius 3 is 2.67 bits per heavy atom. The minimum absolute atomic E-state index is 0.0921. The van der Waals surface area contributed by atoms with E-state index in [1.54, 1.807) is 0 Å². The molecule has 0 unspecified atom stereocenters. The van der Waals surface area contributed by atoms with Gasteiger partial charge in [-0.05, 0) is 32.6 Å². The third-order valence-electron chi connectivity index (χ3n) is 4.69. The van der Waals surface area contributed by atoms with Gasteiger partial charge >= 0.3 is 0 Å². The molecule has 2 N–H and O–H groups in total. The van der Waals surface area contributed by atoms with Crippen LogP contribution in [0.3, 0.4) is 0 Å². The number of rotatable bonds is 8. The van der Waals surface area contributed by atoms with Crippen LogP contribution in [0.25, 0.3) is 0 Å². The highest BCUT2D eigenvalue weighted by Gasteiger charge is 2.36. The highest BCUT2D eigenvalue weighted by atomic mass is 32.1. The molecular formula is C18H25N5O2S2. The zero-order valence-electron chi connectivity index (χ0n) is 15.7. The lowest BCUT2D eigenvalue weighted by atomic mass is 9.97. The summed E-state index contributed by atoms with van der Waals surface area (Å²) in [6.45, 7) is 4.40. The predicted octanol–water partition coefficient (Wildman–Crippen LogP) is 2.66. The molecule has 2 heterocycles. The maximum Gasteiger partial charge on any atom is 0.271 e. The van der Waals surface area contributed by atoms with E-state index in [1.165, 1.54) is 22.7 Å². The van der Waals surface area contributed by atoms with Crippen LogP contribution >= 0.6 is 22.7 Å². The van der Waals surface area contributed by atoms with E-state index in [9.17, 15) is 9.59 Å². The van der Waals surface area contributed by atoms with Gasteiger partial charge in [-0.2, -0.15) is 0 Å². The van der Waals surface area contributed by atoms with E-state index in [2.05, 4.69) is 32.7 Å². The summed E-state index contributed by atoms with van der Waals surface area (Å²) in [6, 6.07) is 0. The number of hydrogen-bond acceptors (Lipinski definition) is 7. The highest BCUT2D eigenvalue weighted by molar-refractivity contribution is 7.11. The molecule has 7 nitrogen and oxygen atoms in total. The van der Waals surface area contributed by atoms with E-state index >= 15 is 0 Å². The molecule has 0 atom stereocenters. The van der Waals surface area contributed by atoms with Crippen LogP contribution in [-0.2, 0) is 17.6 Å². The number of nitrogens with zero attached hydrogens (tertiary/aromatic N) is 3. The summed E-state index contributed by atoms with van der Waals surface area (Å²) in [5, 5.41) is 18.4. The molecule has 0 spiro atoms. The molecule has 0 bridgehead atoms. The molecule has 0 aliphatic heterocycles. The van der Waals surface area contributed by atoms with Crippen molar-refractivity contribution in [2.45, 2.75) is 64.3 Å². The van der Waals surface area contributed by atoms with Crippen LogP contribution in [-0.4, -0.2) is 39.1 Å². The molecule has 3 rings (SSSR count). The molecule has 2 aromatic rings. The highest BCUT2D eigenvalue weighted by Crippen LogP contribution is 2.29. The van der Waals surface area contributed by atoms with Crippen molar-refractivity contribution in [1.82, 2.24) is 25.8 Å². The second-order valence-electron chi connectivity index (χ2n) is 6.99. The van der Waals surface area contributed by atoms with Crippen molar-refractivity contribution >= 4 is 34.5 Å². The largest absolute Gasteiger partial charge is 0.353 e. The second-order valence-corrected chi connectivity index (χ2v) is 9.20. The number of carbonyl (C=O) groups is 2. The van der Waals surface area contributed by atoms with Gasteiger partial charge in [-0.1, -0.05) is 19.8 Å². The summed E-state index contributed by atoms with van der Waals surface area (Å²) >= 11 is 2.95. The number of amides is 2. The Bertz CT molecular complexity index is 795. The van der Waals surface area contributed by atoms with Crippen molar-refractivity contribution < 1.29 is 9.59 Å². The number of nitrogens with one attached hydrogen (secondary N) is 2. The van der Waals surface area contributed by atoms with Crippen molar-refractivity contribution in [3.05, 3.63) is 26.1 Å². The molecule has 2 aromatic heterocycles. The zero-order valence-corrected chi connectivity index (χ0v) is 17.3. The van der Waals surface area contributed by atoms with Gasteiger partial charge in [0.05, 0.1) is 17.0 Å². The molecule has 27 heavy (non-hydrogen) atoms. The Hall–Kier alpha value is -1.87. The Morgan fingerprint density at radius 1 is 1.22 bits per heavy atom. The van der Waals surface area contributed by atoms with Gasteiger partial charge in [-0.15, -0.1) is 32.9 Å². The van der Waals surface area contributed by atoms with Gasteiger partial charge in [0.2, 0.25) is 5.91 Å². The number of aryl methyl sites for hydroxylation is 2. The number of hydrogen-bond donors (Lipinski definition) is 2. The lowest BCUT2D eigenvalue weighted by molar-refractivity contribution is -0.120. The fourth-order valence-electron chi connectivity index (χ4n) is 3.32. The summed E-state index contributed by atoms with van der Waals surface area (Å²) in [7, 11) is 0. The molecule has 0 radical (unpaired) electrons. The lowest BCUT2D eigenvalue weighted by Crippen LogP contribution is -2.54. The molecule has 0 saturated heterocycles. The van der Waals surface area contributed by atoms with Crippen molar-refractivity contribution in [3.8, 4) is 0 Å². The minimum Gasteiger partial charge on any atom is -0.353 e. The van der Waals surface area contributed by atoms with Crippen LogP contribution in [0, 0.1) is 6.92 Å². The number of aromatic nitrogens is 3. The Kier molecular flexibility index (Phi) is 6.54. The summed E-state index contributed by atoms with van der Waals surface area (Å²) in [4.78, 5) is 29.4. The standard InChI is InChI=1S/C18H25N5O2S2/c1-3-6-15-20-13(10-26-15)17(25)21-18(7-4-5-8-18)11-19-14(24)9-16-23-22-12(2)27-16/h10H,3-9,11H2,1-2H3,(H,19,24)(H,21,25). The van der Waals surface area contributed by atoms with Crippen LogP contribution < -0.4 is 10.6 Å². The average molecular weight is 408 g/mol. The van der Waals surface area contributed by atoms with Crippen LogP contribution in [0.2, 0.25) is 0 Å². The lowest BCUT2D eigenvalue weighted by Gasteiger charge is -2.30. The normalized spacial score (nSPS) is 15.6. The topological polar surface area (TPSA) is 96.9 Å².